The zero-order valence-electron chi connectivity index (χ0n) is 8.99. The highest BCUT2D eigenvalue weighted by molar-refractivity contribution is 5.84. The highest BCUT2D eigenvalue weighted by Gasteiger charge is 2.05. The lowest BCUT2D eigenvalue weighted by Crippen LogP contribution is -2.05. The van der Waals surface area contributed by atoms with Crippen LogP contribution in [-0.2, 0) is 4.79 Å². The minimum Gasteiger partial charge on any atom is -0.493 e. The lowest BCUT2D eigenvalue weighted by Gasteiger charge is -2.08. The fraction of sp³-hybridized carbons (Fsp3) is 0.250. The molecule has 0 saturated heterocycles. The van der Waals surface area contributed by atoms with Gasteiger partial charge in [-0.2, -0.15) is 0 Å². The Morgan fingerprint density at radius 2 is 2.25 bits per heavy atom. The van der Waals surface area contributed by atoms with E-state index in [2.05, 4.69) is 4.98 Å². The Hall–Kier alpha value is -1.97. The summed E-state index contributed by atoms with van der Waals surface area (Å²) in [4.78, 5) is 13.5. The smallest absolute Gasteiger partial charge is 0.306 e. The molecule has 2 rings (SSSR count). The second kappa shape index (κ2) is 4.26. The van der Waals surface area contributed by atoms with Gasteiger partial charge in [-0.25, -0.2) is 0 Å². The Morgan fingerprint density at radius 3 is 3.00 bits per heavy atom. The molecule has 2 aromatic rings. The van der Waals surface area contributed by atoms with Gasteiger partial charge in [0.1, 0.15) is 5.75 Å². The minimum absolute atomic E-state index is 0.0185. The number of rotatable bonds is 4. The quantitative estimate of drug-likeness (QED) is 0.829. The number of H-pyrrole nitrogens is 1. The van der Waals surface area contributed by atoms with Crippen molar-refractivity contribution in [1.29, 1.82) is 0 Å². The molecule has 0 aliphatic carbocycles. The van der Waals surface area contributed by atoms with E-state index in [1.165, 1.54) is 0 Å². The summed E-state index contributed by atoms with van der Waals surface area (Å²) >= 11 is 0. The number of hydrogen-bond acceptors (Lipinski definition) is 2. The lowest BCUT2D eigenvalue weighted by molar-refractivity contribution is -0.137. The third-order valence-corrected chi connectivity index (χ3v) is 2.53. The topological polar surface area (TPSA) is 62.3 Å². The van der Waals surface area contributed by atoms with Gasteiger partial charge in [-0.15, -0.1) is 0 Å². The number of carbonyl (C=O) groups is 1. The van der Waals surface area contributed by atoms with Crippen LogP contribution < -0.4 is 4.74 Å². The second-order valence-corrected chi connectivity index (χ2v) is 3.62. The van der Waals surface area contributed by atoms with Crippen LogP contribution in [0.5, 0.6) is 5.75 Å². The normalized spacial score (nSPS) is 10.6. The first-order valence-electron chi connectivity index (χ1n) is 5.10. The summed E-state index contributed by atoms with van der Waals surface area (Å²) in [7, 11) is 0. The number of aryl methyl sites for hydroxylation is 1. The van der Waals surface area contributed by atoms with E-state index in [1.807, 2.05) is 31.3 Å². The molecule has 0 saturated carbocycles. The molecule has 2 N–H and O–H groups in total. The summed E-state index contributed by atoms with van der Waals surface area (Å²) < 4.78 is 5.43. The van der Waals surface area contributed by atoms with Crippen LogP contribution in [0.2, 0.25) is 0 Å². The molecular weight excluding hydrogens is 206 g/mol. The molecule has 0 bridgehead atoms. The Balaban J connectivity index is 2.17. The maximum atomic E-state index is 10.4. The number of benzene rings is 1. The SMILES string of the molecule is Cc1c(OCCC(=O)O)ccc2[nH]ccc12. The summed E-state index contributed by atoms with van der Waals surface area (Å²) in [5, 5.41) is 9.62. The molecule has 1 aromatic heterocycles. The number of aliphatic carboxylic acids is 1. The van der Waals surface area contributed by atoms with E-state index in [0.717, 1.165) is 22.2 Å². The van der Waals surface area contributed by atoms with Crippen molar-refractivity contribution in [2.45, 2.75) is 13.3 Å². The van der Waals surface area contributed by atoms with Crippen LogP contribution in [0.15, 0.2) is 24.4 Å². The predicted octanol–water partition coefficient (Wildman–Crippen LogP) is 2.33. The van der Waals surface area contributed by atoms with Crippen molar-refractivity contribution >= 4 is 16.9 Å². The summed E-state index contributed by atoms with van der Waals surface area (Å²) in [6.07, 6.45) is 1.89. The van der Waals surface area contributed by atoms with Crippen LogP contribution in [0.3, 0.4) is 0 Å². The number of fused-ring (bicyclic) bond motifs is 1. The van der Waals surface area contributed by atoms with Gasteiger partial charge in [0.2, 0.25) is 0 Å². The number of carboxylic acid groups (broad SMARTS) is 1. The molecule has 0 aliphatic rings. The van der Waals surface area contributed by atoms with Crippen molar-refractivity contribution in [3.63, 3.8) is 0 Å². The summed E-state index contributed by atoms with van der Waals surface area (Å²) in [5.74, 6) is -0.103. The fourth-order valence-corrected chi connectivity index (χ4v) is 1.67. The zero-order chi connectivity index (χ0) is 11.5. The molecule has 0 radical (unpaired) electrons. The molecule has 0 atom stereocenters. The second-order valence-electron chi connectivity index (χ2n) is 3.62. The number of hydrogen-bond donors (Lipinski definition) is 2. The van der Waals surface area contributed by atoms with Gasteiger partial charge in [0.05, 0.1) is 13.0 Å². The number of ether oxygens (including phenoxy) is 1. The van der Waals surface area contributed by atoms with E-state index >= 15 is 0 Å². The summed E-state index contributed by atoms with van der Waals surface area (Å²) in [6.45, 7) is 2.17. The molecule has 0 unspecified atom stereocenters. The van der Waals surface area contributed by atoms with Crippen molar-refractivity contribution in [2.24, 2.45) is 0 Å². The third kappa shape index (κ3) is 2.00. The van der Waals surface area contributed by atoms with E-state index in [9.17, 15) is 4.79 Å². The Labute approximate surface area is 92.9 Å². The van der Waals surface area contributed by atoms with Crippen molar-refractivity contribution in [3.05, 3.63) is 30.0 Å². The molecule has 0 fully saturated rings. The maximum Gasteiger partial charge on any atom is 0.306 e. The van der Waals surface area contributed by atoms with Crippen molar-refractivity contribution in [1.82, 2.24) is 4.98 Å². The van der Waals surface area contributed by atoms with Crippen LogP contribution >= 0.6 is 0 Å². The molecule has 1 aromatic carbocycles. The van der Waals surface area contributed by atoms with Gasteiger partial charge < -0.3 is 14.8 Å². The van der Waals surface area contributed by atoms with Gasteiger partial charge in [-0.3, -0.25) is 4.79 Å². The number of aromatic nitrogens is 1. The van der Waals surface area contributed by atoms with E-state index in [1.54, 1.807) is 0 Å². The van der Waals surface area contributed by atoms with Crippen molar-refractivity contribution < 1.29 is 14.6 Å². The highest BCUT2D eigenvalue weighted by atomic mass is 16.5. The van der Waals surface area contributed by atoms with E-state index in [-0.39, 0.29) is 13.0 Å². The number of carboxylic acids is 1. The van der Waals surface area contributed by atoms with E-state index in [4.69, 9.17) is 9.84 Å². The Morgan fingerprint density at radius 1 is 1.44 bits per heavy atom. The number of aromatic amines is 1. The maximum absolute atomic E-state index is 10.4. The molecule has 16 heavy (non-hydrogen) atoms. The van der Waals surface area contributed by atoms with Crippen LogP contribution in [0, 0.1) is 6.92 Å². The van der Waals surface area contributed by atoms with Crippen LogP contribution in [0.1, 0.15) is 12.0 Å². The van der Waals surface area contributed by atoms with Crippen LogP contribution in [0.4, 0.5) is 0 Å². The van der Waals surface area contributed by atoms with Gasteiger partial charge >= 0.3 is 5.97 Å². The standard InChI is InChI=1S/C12H13NO3/c1-8-9-4-6-13-10(9)2-3-11(8)16-7-5-12(14)15/h2-4,6,13H,5,7H2,1H3,(H,14,15). The Bertz CT molecular complexity index is 516. The highest BCUT2D eigenvalue weighted by Crippen LogP contribution is 2.26. The van der Waals surface area contributed by atoms with Crippen LogP contribution in [-0.4, -0.2) is 22.7 Å². The van der Waals surface area contributed by atoms with Crippen LogP contribution in [0.25, 0.3) is 10.9 Å². The first-order valence-corrected chi connectivity index (χ1v) is 5.10. The molecule has 84 valence electrons. The molecule has 0 aliphatic heterocycles. The van der Waals surface area contributed by atoms with Gasteiger partial charge in [-0.05, 0) is 25.1 Å². The predicted molar refractivity (Wildman–Crippen MR) is 60.8 cm³/mol. The van der Waals surface area contributed by atoms with Gasteiger partial charge in [0, 0.05) is 22.7 Å². The van der Waals surface area contributed by atoms with E-state index in [0.29, 0.717) is 0 Å². The summed E-state index contributed by atoms with van der Waals surface area (Å²) in [5.41, 5.74) is 2.09. The minimum atomic E-state index is -0.847. The monoisotopic (exact) mass is 219 g/mol. The van der Waals surface area contributed by atoms with Gasteiger partial charge in [0.25, 0.3) is 0 Å². The molecule has 0 amide bonds. The summed E-state index contributed by atoms with van der Waals surface area (Å²) in [6, 6.07) is 5.77. The van der Waals surface area contributed by atoms with Crippen molar-refractivity contribution in [2.75, 3.05) is 6.61 Å². The number of nitrogens with one attached hydrogen (secondary N) is 1. The molecule has 0 spiro atoms. The largest absolute Gasteiger partial charge is 0.493 e. The average Bonchev–Trinajstić information content (AvgIpc) is 2.69. The molecular formula is C12H13NO3. The molecule has 4 nitrogen and oxygen atoms in total. The lowest BCUT2D eigenvalue weighted by atomic mass is 10.1. The van der Waals surface area contributed by atoms with E-state index < -0.39 is 5.97 Å². The fourth-order valence-electron chi connectivity index (χ4n) is 1.67. The zero-order valence-corrected chi connectivity index (χ0v) is 8.99. The first-order chi connectivity index (χ1) is 7.68. The average molecular weight is 219 g/mol. The van der Waals surface area contributed by atoms with Crippen molar-refractivity contribution in [3.8, 4) is 5.75 Å². The van der Waals surface area contributed by atoms with Gasteiger partial charge in [-0.1, -0.05) is 0 Å². The molecule has 4 heteroatoms. The molecule has 1 heterocycles. The first kappa shape index (κ1) is 10.5. The van der Waals surface area contributed by atoms with Gasteiger partial charge in [0.15, 0.2) is 0 Å². The third-order valence-electron chi connectivity index (χ3n) is 2.53. The Kier molecular flexibility index (Phi) is 2.81.